The van der Waals surface area contributed by atoms with Crippen molar-refractivity contribution >= 4 is 17.3 Å². The van der Waals surface area contributed by atoms with E-state index in [1.807, 2.05) is 17.5 Å². The molecular formula is C19H35N5S. The van der Waals surface area contributed by atoms with Crippen LogP contribution >= 0.6 is 11.3 Å². The number of nitrogens with one attached hydrogen (secondary N) is 2. The summed E-state index contributed by atoms with van der Waals surface area (Å²) in [6.07, 6.45) is 7.91. The Balaban J connectivity index is 1.66. The van der Waals surface area contributed by atoms with E-state index in [1.54, 1.807) is 0 Å². The third kappa shape index (κ3) is 7.74. The number of aliphatic imine (C=N–C) groups is 1. The SMILES string of the molecule is CCNC(=NCCCN1CCCC(C)C1)NCCc1ncc(CC)s1. The first-order valence-corrected chi connectivity index (χ1v) is 10.7. The van der Waals surface area contributed by atoms with Gasteiger partial charge >= 0.3 is 0 Å². The molecule has 0 aromatic carbocycles. The number of aromatic nitrogens is 1. The van der Waals surface area contributed by atoms with Crippen molar-refractivity contribution < 1.29 is 0 Å². The van der Waals surface area contributed by atoms with Crippen molar-refractivity contribution in [3.8, 4) is 0 Å². The molecule has 1 aromatic rings. The minimum Gasteiger partial charge on any atom is -0.357 e. The maximum absolute atomic E-state index is 4.72. The van der Waals surface area contributed by atoms with Crippen molar-refractivity contribution in [3.63, 3.8) is 0 Å². The Morgan fingerprint density at radius 3 is 3.00 bits per heavy atom. The lowest BCUT2D eigenvalue weighted by Gasteiger charge is -2.30. The highest BCUT2D eigenvalue weighted by atomic mass is 32.1. The monoisotopic (exact) mass is 365 g/mol. The average Bonchev–Trinajstić information content (AvgIpc) is 3.07. The smallest absolute Gasteiger partial charge is 0.191 e. The van der Waals surface area contributed by atoms with E-state index in [0.717, 1.165) is 50.8 Å². The fraction of sp³-hybridized carbons (Fsp3) is 0.789. The van der Waals surface area contributed by atoms with Gasteiger partial charge < -0.3 is 15.5 Å². The molecule has 5 nitrogen and oxygen atoms in total. The minimum absolute atomic E-state index is 0.857. The summed E-state index contributed by atoms with van der Waals surface area (Å²) in [7, 11) is 0. The summed E-state index contributed by atoms with van der Waals surface area (Å²) in [5.41, 5.74) is 0. The van der Waals surface area contributed by atoms with E-state index in [0.29, 0.717) is 0 Å². The molecule has 1 fully saturated rings. The van der Waals surface area contributed by atoms with Gasteiger partial charge in [0.25, 0.3) is 0 Å². The highest BCUT2D eigenvalue weighted by Gasteiger charge is 2.15. The molecule has 2 N–H and O–H groups in total. The molecule has 142 valence electrons. The second kappa shape index (κ2) is 11.5. The quantitative estimate of drug-likeness (QED) is 0.401. The van der Waals surface area contributed by atoms with E-state index < -0.39 is 0 Å². The predicted molar refractivity (Wildman–Crippen MR) is 109 cm³/mol. The second-order valence-electron chi connectivity index (χ2n) is 6.91. The van der Waals surface area contributed by atoms with Gasteiger partial charge in [-0.2, -0.15) is 0 Å². The van der Waals surface area contributed by atoms with Crippen LogP contribution in [-0.4, -0.2) is 55.1 Å². The van der Waals surface area contributed by atoms with Crippen LogP contribution in [0.2, 0.25) is 0 Å². The molecule has 0 aliphatic carbocycles. The topological polar surface area (TPSA) is 52.6 Å². The zero-order chi connectivity index (χ0) is 17.9. The Hall–Kier alpha value is -1.14. The highest BCUT2D eigenvalue weighted by molar-refractivity contribution is 7.11. The van der Waals surface area contributed by atoms with Gasteiger partial charge in [0.1, 0.15) is 0 Å². The molecule has 1 aliphatic heterocycles. The van der Waals surface area contributed by atoms with Gasteiger partial charge in [-0.05, 0) is 51.6 Å². The van der Waals surface area contributed by atoms with Gasteiger partial charge in [-0.3, -0.25) is 4.99 Å². The molecule has 1 unspecified atom stereocenters. The number of rotatable bonds is 9. The van der Waals surface area contributed by atoms with E-state index in [2.05, 4.69) is 41.3 Å². The summed E-state index contributed by atoms with van der Waals surface area (Å²) in [5, 5.41) is 7.98. The number of likely N-dealkylation sites (tertiary alicyclic amines) is 1. The number of hydrogen-bond acceptors (Lipinski definition) is 4. The molecule has 0 amide bonds. The van der Waals surface area contributed by atoms with Crippen LogP contribution in [0.4, 0.5) is 0 Å². The number of aryl methyl sites for hydroxylation is 1. The summed E-state index contributed by atoms with van der Waals surface area (Å²) >= 11 is 1.82. The van der Waals surface area contributed by atoms with Crippen LogP contribution in [0.15, 0.2) is 11.2 Å². The average molecular weight is 366 g/mol. The molecule has 1 atom stereocenters. The molecular weight excluding hydrogens is 330 g/mol. The van der Waals surface area contributed by atoms with Crippen molar-refractivity contribution in [1.29, 1.82) is 0 Å². The van der Waals surface area contributed by atoms with Crippen LogP contribution in [0, 0.1) is 5.92 Å². The van der Waals surface area contributed by atoms with Crippen LogP contribution in [0.3, 0.4) is 0 Å². The predicted octanol–water partition coefficient (Wildman–Crippen LogP) is 2.93. The van der Waals surface area contributed by atoms with Crippen LogP contribution in [0.5, 0.6) is 0 Å². The largest absolute Gasteiger partial charge is 0.357 e. The van der Waals surface area contributed by atoms with E-state index in [9.17, 15) is 0 Å². The first kappa shape index (κ1) is 20.2. The summed E-state index contributed by atoms with van der Waals surface area (Å²) in [5.74, 6) is 1.79. The summed E-state index contributed by atoms with van der Waals surface area (Å²) in [6, 6.07) is 0. The molecule has 25 heavy (non-hydrogen) atoms. The van der Waals surface area contributed by atoms with Gasteiger partial charge in [0, 0.05) is 43.7 Å². The van der Waals surface area contributed by atoms with E-state index in [4.69, 9.17) is 4.99 Å². The number of nitrogens with zero attached hydrogens (tertiary/aromatic N) is 3. The van der Waals surface area contributed by atoms with Crippen LogP contribution in [0.1, 0.15) is 49.9 Å². The summed E-state index contributed by atoms with van der Waals surface area (Å²) < 4.78 is 0. The lowest BCUT2D eigenvalue weighted by atomic mass is 10.0. The number of guanidine groups is 1. The van der Waals surface area contributed by atoms with E-state index >= 15 is 0 Å². The van der Waals surface area contributed by atoms with Gasteiger partial charge in [-0.1, -0.05) is 13.8 Å². The summed E-state index contributed by atoms with van der Waals surface area (Å²) in [4.78, 5) is 13.2. The van der Waals surface area contributed by atoms with Gasteiger partial charge in [-0.25, -0.2) is 4.98 Å². The van der Waals surface area contributed by atoms with Crippen LogP contribution in [-0.2, 0) is 12.8 Å². The molecule has 2 heterocycles. The third-order valence-electron chi connectivity index (χ3n) is 4.57. The fourth-order valence-electron chi connectivity index (χ4n) is 3.23. The molecule has 1 aliphatic rings. The maximum Gasteiger partial charge on any atom is 0.191 e. The molecule has 0 saturated carbocycles. The zero-order valence-corrected chi connectivity index (χ0v) is 17.0. The van der Waals surface area contributed by atoms with Crippen LogP contribution < -0.4 is 10.6 Å². The molecule has 0 bridgehead atoms. The second-order valence-corrected chi connectivity index (χ2v) is 8.11. The number of hydrogen-bond donors (Lipinski definition) is 2. The Kier molecular flexibility index (Phi) is 9.26. The lowest BCUT2D eigenvalue weighted by molar-refractivity contribution is 0.183. The first-order chi connectivity index (χ1) is 12.2. The van der Waals surface area contributed by atoms with E-state index in [-0.39, 0.29) is 0 Å². The van der Waals surface area contributed by atoms with Gasteiger partial charge in [0.05, 0.1) is 5.01 Å². The maximum atomic E-state index is 4.72. The van der Waals surface area contributed by atoms with Crippen molar-refractivity contribution in [2.75, 3.05) is 39.3 Å². The van der Waals surface area contributed by atoms with Crippen LogP contribution in [0.25, 0.3) is 0 Å². The number of piperidine rings is 1. The lowest BCUT2D eigenvalue weighted by Crippen LogP contribution is -2.38. The zero-order valence-electron chi connectivity index (χ0n) is 16.2. The minimum atomic E-state index is 0.857. The fourth-order valence-corrected chi connectivity index (χ4v) is 4.09. The van der Waals surface area contributed by atoms with Gasteiger partial charge in [0.15, 0.2) is 5.96 Å². The van der Waals surface area contributed by atoms with E-state index in [1.165, 1.54) is 42.4 Å². The van der Waals surface area contributed by atoms with Crippen molar-refractivity contribution in [2.45, 2.75) is 52.9 Å². The normalized spacial score (nSPS) is 19.2. The standard InChI is InChI=1S/C19H35N5S/c1-4-17-14-23-18(25-17)9-11-22-19(20-5-2)21-10-7-13-24-12-6-8-16(3)15-24/h14,16H,4-13,15H2,1-3H3,(H2,20,21,22). The molecule has 0 spiro atoms. The van der Waals surface area contributed by atoms with Crippen molar-refractivity contribution in [2.24, 2.45) is 10.9 Å². The van der Waals surface area contributed by atoms with Gasteiger partial charge in [0.2, 0.25) is 0 Å². The first-order valence-electron chi connectivity index (χ1n) is 9.89. The highest BCUT2D eigenvalue weighted by Crippen LogP contribution is 2.15. The molecule has 6 heteroatoms. The molecule has 2 rings (SSSR count). The van der Waals surface area contributed by atoms with Gasteiger partial charge in [-0.15, -0.1) is 11.3 Å². The molecule has 0 radical (unpaired) electrons. The van der Waals surface area contributed by atoms with Crippen molar-refractivity contribution in [3.05, 3.63) is 16.1 Å². The summed E-state index contributed by atoms with van der Waals surface area (Å²) in [6.45, 7) is 13.0. The Labute approximate surface area is 157 Å². The Morgan fingerprint density at radius 2 is 2.28 bits per heavy atom. The third-order valence-corrected chi connectivity index (χ3v) is 5.77. The van der Waals surface area contributed by atoms with Crippen molar-refractivity contribution in [1.82, 2.24) is 20.5 Å². The number of thiazole rings is 1. The Morgan fingerprint density at radius 1 is 1.40 bits per heavy atom. The molecule has 1 aromatic heterocycles. The molecule has 1 saturated heterocycles. The Bertz CT molecular complexity index is 514.